The molecular formula is C10H4BrClN2OS. The van der Waals surface area contributed by atoms with Crippen LogP contribution in [0.1, 0.15) is 0 Å². The van der Waals surface area contributed by atoms with Crippen molar-refractivity contribution in [2.75, 3.05) is 0 Å². The number of thiophene rings is 1. The molecule has 3 aromatic rings. The lowest BCUT2D eigenvalue weighted by Gasteiger charge is -1.95. The summed E-state index contributed by atoms with van der Waals surface area (Å²) in [5.74, 6) is 0. The van der Waals surface area contributed by atoms with E-state index in [1.54, 1.807) is 0 Å². The second kappa shape index (κ2) is 3.55. The third kappa shape index (κ3) is 1.32. The summed E-state index contributed by atoms with van der Waals surface area (Å²) in [6, 6.07) is 3.77. The average molecular weight is 316 g/mol. The van der Waals surface area contributed by atoms with Crippen molar-refractivity contribution < 1.29 is 0 Å². The average Bonchev–Trinajstić information content (AvgIpc) is 2.65. The first-order chi connectivity index (χ1) is 7.68. The molecule has 80 valence electrons. The first-order valence-electron chi connectivity index (χ1n) is 4.42. The van der Waals surface area contributed by atoms with E-state index in [9.17, 15) is 4.79 Å². The van der Waals surface area contributed by atoms with Gasteiger partial charge >= 0.3 is 0 Å². The summed E-state index contributed by atoms with van der Waals surface area (Å²) in [6.07, 6.45) is 1.41. The van der Waals surface area contributed by atoms with Gasteiger partial charge < -0.3 is 4.98 Å². The number of benzene rings is 1. The molecule has 2 heterocycles. The predicted octanol–water partition coefficient (Wildman–Crippen LogP) is 3.55. The van der Waals surface area contributed by atoms with Crippen LogP contribution in [0.2, 0.25) is 5.02 Å². The maximum Gasteiger partial charge on any atom is 0.268 e. The zero-order chi connectivity index (χ0) is 11.3. The van der Waals surface area contributed by atoms with E-state index in [0.29, 0.717) is 15.2 Å². The molecule has 0 saturated carbocycles. The smallest absolute Gasteiger partial charge is 0.268 e. The number of rotatable bonds is 0. The van der Waals surface area contributed by atoms with Gasteiger partial charge in [0.15, 0.2) is 0 Å². The van der Waals surface area contributed by atoms with Gasteiger partial charge in [-0.3, -0.25) is 4.79 Å². The lowest BCUT2D eigenvalue weighted by molar-refractivity contribution is 1.18. The first-order valence-corrected chi connectivity index (χ1v) is 6.41. The molecule has 0 fully saturated rings. The fourth-order valence-corrected chi connectivity index (χ4v) is 3.43. The van der Waals surface area contributed by atoms with Crippen molar-refractivity contribution >= 4 is 59.2 Å². The normalized spacial score (nSPS) is 11.4. The molecule has 0 radical (unpaired) electrons. The van der Waals surface area contributed by atoms with E-state index < -0.39 is 0 Å². The Morgan fingerprint density at radius 2 is 2.19 bits per heavy atom. The lowest BCUT2D eigenvalue weighted by Crippen LogP contribution is -2.03. The van der Waals surface area contributed by atoms with Gasteiger partial charge in [-0.05, 0) is 22.0 Å². The summed E-state index contributed by atoms with van der Waals surface area (Å²) in [7, 11) is 0. The van der Waals surface area contributed by atoms with Crippen molar-refractivity contribution in [1.29, 1.82) is 0 Å². The third-order valence-electron chi connectivity index (χ3n) is 2.32. The van der Waals surface area contributed by atoms with Gasteiger partial charge in [-0.2, -0.15) is 0 Å². The van der Waals surface area contributed by atoms with Gasteiger partial charge in [0.1, 0.15) is 4.70 Å². The maximum absolute atomic E-state index is 11.6. The van der Waals surface area contributed by atoms with Crippen LogP contribution in [0.25, 0.3) is 20.3 Å². The molecule has 0 unspecified atom stereocenters. The first kappa shape index (κ1) is 10.3. The van der Waals surface area contributed by atoms with Gasteiger partial charge in [-0.15, -0.1) is 11.3 Å². The van der Waals surface area contributed by atoms with Crippen LogP contribution in [0.4, 0.5) is 0 Å². The Balaban J connectivity index is 2.66. The van der Waals surface area contributed by atoms with Crippen molar-refractivity contribution in [3.8, 4) is 0 Å². The largest absolute Gasteiger partial charge is 0.312 e. The molecule has 3 rings (SSSR count). The summed E-state index contributed by atoms with van der Waals surface area (Å²) in [5.41, 5.74) is 0.580. The number of halogens is 2. The van der Waals surface area contributed by atoms with Gasteiger partial charge in [0, 0.05) is 9.86 Å². The molecule has 16 heavy (non-hydrogen) atoms. The minimum Gasteiger partial charge on any atom is -0.312 e. The molecule has 2 aromatic heterocycles. The molecule has 1 N–H and O–H groups in total. The monoisotopic (exact) mass is 314 g/mol. The van der Waals surface area contributed by atoms with Crippen molar-refractivity contribution in [3.05, 3.63) is 38.3 Å². The second-order valence-electron chi connectivity index (χ2n) is 3.25. The van der Waals surface area contributed by atoms with Crippen LogP contribution in [0.3, 0.4) is 0 Å². The van der Waals surface area contributed by atoms with E-state index in [-0.39, 0.29) is 5.56 Å². The fraction of sp³-hybridized carbons (Fsp3) is 0. The molecule has 0 spiro atoms. The molecule has 1 aromatic carbocycles. The molecule has 6 heteroatoms. The summed E-state index contributed by atoms with van der Waals surface area (Å²) in [6.45, 7) is 0. The van der Waals surface area contributed by atoms with Crippen LogP contribution < -0.4 is 5.56 Å². The minimum atomic E-state index is -0.126. The Labute approximate surface area is 107 Å². The summed E-state index contributed by atoms with van der Waals surface area (Å²) < 4.78 is 2.32. The number of nitrogens with zero attached hydrogens (tertiary/aromatic N) is 1. The van der Waals surface area contributed by atoms with E-state index in [2.05, 4.69) is 25.9 Å². The number of aromatic amines is 1. The molecule has 0 bridgehead atoms. The highest BCUT2D eigenvalue weighted by atomic mass is 79.9. The van der Waals surface area contributed by atoms with E-state index in [0.717, 1.165) is 14.6 Å². The SMILES string of the molecule is O=c1[nH]cnc2c1sc1c(Cl)c(Br)ccc12. The number of aromatic nitrogens is 2. The van der Waals surface area contributed by atoms with Crippen LogP contribution in [-0.4, -0.2) is 9.97 Å². The highest BCUT2D eigenvalue weighted by molar-refractivity contribution is 9.10. The highest BCUT2D eigenvalue weighted by Crippen LogP contribution is 2.38. The summed E-state index contributed by atoms with van der Waals surface area (Å²) in [4.78, 5) is 18.3. The lowest BCUT2D eigenvalue weighted by atomic mass is 10.2. The molecule has 3 nitrogen and oxygen atoms in total. The van der Waals surface area contributed by atoms with Crippen LogP contribution in [0.15, 0.2) is 27.7 Å². The fourth-order valence-electron chi connectivity index (χ4n) is 1.59. The second-order valence-corrected chi connectivity index (χ2v) is 5.50. The van der Waals surface area contributed by atoms with Crippen LogP contribution >= 0.6 is 38.9 Å². The van der Waals surface area contributed by atoms with E-state index in [1.807, 2.05) is 12.1 Å². The summed E-state index contributed by atoms with van der Waals surface area (Å²) >= 11 is 10.9. The van der Waals surface area contributed by atoms with Crippen molar-refractivity contribution in [2.45, 2.75) is 0 Å². The van der Waals surface area contributed by atoms with Gasteiger partial charge in [0.2, 0.25) is 0 Å². The minimum absolute atomic E-state index is 0.126. The highest BCUT2D eigenvalue weighted by Gasteiger charge is 2.12. The van der Waals surface area contributed by atoms with E-state index in [1.165, 1.54) is 17.7 Å². The maximum atomic E-state index is 11.6. The molecule has 0 atom stereocenters. The Morgan fingerprint density at radius 3 is 3.00 bits per heavy atom. The van der Waals surface area contributed by atoms with Crippen LogP contribution in [0.5, 0.6) is 0 Å². The van der Waals surface area contributed by atoms with E-state index in [4.69, 9.17) is 11.6 Å². The van der Waals surface area contributed by atoms with Gasteiger partial charge in [-0.1, -0.05) is 17.7 Å². The predicted molar refractivity (Wildman–Crippen MR) is 70.5 cm³/mol. The molecule has 0 amide bonds. The topological polar surface area (TPSA) is 45.8 Å². The molecule has 0 saturated heterocycles. The molecule has 0 aliphatic rings. The molecule has 0 aliphatic carbocycles. The zero-order valence-corrected chi connectivity index (χ0v) is 10.9. The van der Waals surface area contributed by atoms with Crippen LogP contribution in [-0.2, 0) is 0 Å². The van der Waals surface area contributed by atoms with Gasteiger partial charge in [-0.25, -0.2) is 4.98 Å². The Hall–Kier alpha value is -0.910. The third-order valence-corrected chi connectivity index (χ3v) is 4.92. The molecular weight excluding hydrogens is 312 g/mol. The number of H-pyrrole nitrogens is 1. The number of fused-ring (bicyclic) bond motifs is 3. The zero-order valence-electron chi connectivity index (χ0n) is 7.75. The van der Waals surface area contributed by atoms with E-state index >= 15 is 0 Å². The Morgan fingerprint density at radius 1 is 1.38 bits per heavy atom. The number of hydrogen-bond donors (Lipinski definition) is 1. The van der Waals surface area contributed by atoms with Gasteiger partial charge in [0.25, 0.3) is 5.56 Å². The standard InChI is InChI=1S/C10H4BrClN2OS/c11-5-2-1-4-7-9(10(15)14-3-13-7)16-8(4)6(5)12/h1-3H,(H,13,14,15). The molecule has 0 aliphatic heterocycles. The quantitative estimate of drug-likeness (QED) is 0.689. The van der Waals surface area contributed by atoms with Crippen molar-refractivity contribution in [3.63, 3.8) is 0 Å². The van der Waals surface area contributed by atoms with Crippen molar-refractivity contribution in [1.82, 2.24) is 9.97 Å². The Bertz CT molecular complexity index is 764. The van der Waals surface area contributed by atoms with Gasteiger partial charge in [0.05, 0.1) is 21.6 Å². The summed E-state index contributed by atoms with van der Waals surface area (Å²) in [5, 5.41) is 1.54. The van der Waals surface area contributed by atoms with Crippen LogP contribution in [0, 0.1) is 0 Å². The Kier molecular flexibility index (Phi) is 2.27. The number of hydrogen-bond acceptors (Lipinski definition) is 3. The number of nitrogens with one attached hydrogen (secondary N) is 1. The van der Waals surface area contributed by atoms with Crippen molar-refractivity contribution in [2.24, 2.45) is 0 Å².